The van der Waals surface area contributed by atoms with E-state index in [0.29, 0.717) is 24.4 Å². The monoisotopic (exact) mass is 920 g/mol. The zero-order valence-electron chi connectivity index (χ0n) is 39.6. The highest BCUT2D eigenvalue weighted by Crippen LogP contribution is 2.18. The molecule has 2 atom stereocenters. The van der Waals surface area contributed by atoms with E-state index in [4.69, 9.17) is 18.9 Å². The number of aldehydes is 1. The molecule has 2 N–H and O–H groups in total. The standard InChI is InChI=1S/C26H35NO4.C13H19NO2.C12H15NO3.CH4.ClH/c1-19(2)24(25(29)30-18-20-11-8-7-9-12-20)27(6)17-22-14-10-13-21(15-22)16-23(28)31-26(3,4)5;1-10(2)12(14-3)13(15)16-9-11-7-5-4-6-8-11;1-12(2,3)16-11(15)13-10-6-4-5-9(7-10)8-14;;/h7-15,19,24H,16-18H2,1-6H3;4-8,10,12,14H,9H2,1-3H3;4-8H,1-3H3,(H,13,15);1H4;1H/t24-;12-;;;/m00.../s1. The average molecular weight is 921 g/mol. The van der Waals surface area contributed by atoms with Gasteiger partial charge < -0.3 is 24.3 Å². The van der Waals surface area contributed by atoms with Crippen LogP contribution in [0, 0.1) is 11.8 Å². The molecule has 4 aromatic carbocycles. The molecule has 0 bridgehead atoms. The molecule has 65 heavy (non-hydrogen) atoms. The molecule has 0 radical (unpaired) electrons. The van der Waals surface area contributed by atoms with Crippen LogP contribution in [-0.2, 0) is 59.5 Å². The van der Waals surface area contributed by atoms with Crippen LogP contribution in [0.1, 0.15) is 109 Å². The second-order valence-corrected chi connectivity index (χ2v) is 17.8. The van der Waals surface area contributed by atoms with Gasteiger partial charge in [-0.1, -0.05) is 132 Å². The van der Waals surface area contributed by atoms with Crippen LogP contribution in [0.15, 0.2) is 109 Å². The van der Waals surface area contributed by atoms with Crippen molar-refractivity contribution in [3.63, 3.8) is 0 Å². The topological polar surface area (TPSA) is 150 Å². The number of rotatable bonds is 16. The van der Waals surface area contributed by atoms with Crippen molar-refractivity contribution < 1.29 is 42.9 Å². The Bertz CT molecular complexity index is 2010. The molecule has 4 aromatic rings. The van der Waals surface area contributed by atoms with E-state index < -0.39 is 17.3 Å². The highest BCUT2D eigenvalue weighted by molar-refractivity contribution is 5.87. The summed E-state index contributed by atoms with van der Waals surface area (Å²) in [5, 5.41) is 5.52. The molecular weight excluding hydrogens is 846 g/mol. The molecule has 0 aliphatic rings. The summed E-state index contributed by atoms with van der Waals surface area (Å²) in [6.07, 6.45) is 0.414. The number of halogens is 1. The zero-order chi connectivity index (χ0) is 47.2. The number of anilines is 1. The van der Waals surface area contributed by atoms with Crippen molar-refractivity contribution in [3.8, 4) is 0 Å². The van der Waals surface area contributed by atoms with Gasteiger partial charge in [-0.05, 0) is 102 Å². The van der Waals surface area contributed by atoms with Crippen molar-refractivity contribution in [2.45, 2.75) is 126 Å². The Labute approximate surface area is 394 Å². The lowest BCUT2D eigenvalue weighted by molar-refractivity contribution is -0.154. The second kappa shape index (κ2) is 29.8. The van der Waals surface area contributed by atoms with E-state index in [0.717, 1.165) is 28.5 Å². The predicted octanol–water partition coefficient (Wildman–Crippen LogP) is 10.6. The number of carbonyl (C=O) groups excluding carboxylic acids is 5. The van der Waals surface area contributed by atoms with E-state index in [9.17, 15) is 24.0 Å². The smallest absolute Gasteiger partial charge is 0.412 e. The van der Waals surface area contributed by atoms with Crippen LogP contribution in [-0.4, -0.2) is 72.6 Å². The maximum Gasteiger partial charge on any atom is 0.412 e. The van der Waals surface area contributed by atoms with Gasteiger partial charge in [-0.25, -0.2) is 4.79 Å². The van der Waals surface area contributed by atoms with E-state index in [1.165, 1.54) is 0 Å². The van der Waals surface area contributed by atoms with E-state index in [1.54, 1.807) is 52.1 Å². The fourth-order valence-corrected chi connectivity index (χ4v) is 6.20. The zero-order valence-corrected chi connectivity index (χ0v) is 40.5. The van der Waals surface area contributed by atoms with Crippen LogP contribution in [0.4, 0.5) is 10.5 Å². The number of nitrogens with zero attached hydrogens (tertiary/aromatic N) is 1. The maximum atomic E-state index is 12.8. The van der Waals surface area contributed by atoms with Crippen molar-refractivity contribution in [2.75, 3.05) is 19.4 Å². The third kappa shape index (κ3) is 24.9. The summed E-state index contributed by atoms with van der Waals surface area (Å²) in [4.78, 5) is 60.6. The SMILES string of the molecule is C.CC(C)(C)OC(=O)Nc1cccc(C=O)c1.CC(C)[C@@H](C(=O)OCc1ccccc1)N(C)Cc1cccc(CC(=O)OC(C)(C)C)c1.CN[C@H](C(=O)OCc1ccccc1)C(C)C.Cl. The summed E-state index contributed by atoms with van der Waals surface area (Å²) < 4.78 is 21.3. The first-order valence-electron chi connectivity index (χ1n) is 21.2. The van der Waals surface area contributed by atoms with Gasteiger partial charge in [-0.15, -0.1) is 12.4 Å². The highest BCUT2D eigenvalue weighted by atomic mass is 35.5. The number of likely N-dealkylation sites (N-methyl/N-ethyl adjacent to an activating group) is 2. The Morgan fingerprint density at radius 2 is 1.14 bits per heavy atom. The van der Waals surface area contributed by atoms with Crippen molar-refractivity contribution in [3.05, 3.63) is 137 Å². The van der Waals surface area contributed by atoms with Gasteiger partial charge in [0.25, 0.3) is 0 Å². The molecule has 0 saturated heterocycles. The molecule has 13 heteroatoms. The lowest BCUT2D eigenvalue weighted by Gasteiger charge is -2.29. The third-order valence-electron chi connectivity index (χ3n) is 8.89. The molecule has 4 rings (SSSR count). The maximum absolute atomic E-state index is 12.8. The first-order chi connectivity index (χ1) is 29.6. The average Bonchev–Trinajstić information content (AvgIpc) is 3.19. The normalized spacial score (nSPS) is 11.7. The van der Waals surface area contributed by atoms with Crippen molar-refractivity contribution in [1.82, 2.24) is 10.2 Å². The molecule has 0 spiro atoms. The van der Waals surface area contributed by atoms with E-state index in [-0.39, 0.29) is 74.7 Å². The van der Waals surface area contributed by atoms with Crippen LogP contribution in [0.25, 0.3) is 0 Å². The fourth-order valence-electron chi connectivity index (χ4n) is 6.20. The van der Waals surface area contributed by atoms with Gasteiger partial charge in [-0.3, -0.25) is 29.4 Å². The molecule has 0 saturated carbocycles. The quantitative estimate of drug-likeness (QED) is 0.0628. The number of ether oxygens (including phenoxy) is 4. The number of hydrogen-bond donors (Lipinski definition) is 2. The Morgan fingerprint density at radius 3 is 1.62 bits per heavy atom. The van der Waals surface area contributed by atoms with Gasteiger partial charge in [-0.2, -0.15) is 0 Å². The molecule has 12 nitrogen and oxygen atoms in total. The number of amides is 1. The largest absolute Gasteiger partial charge is 0.460 e. The molecule has 1 amide bonds. The predicted molar refractivity (Wildman–Crippen MR) is 262 cm³/mol. The summed E-state index contributed by atoms with van der Waals surface area (Å²) in [6, 6.07) is 33.2. The first kappa shape index (κ1) is 59.4. The van der Waals surface area contributed by atoms with Crippen LogP contribution >= 0.6 is 12.4 Å². The van der Waals surface area contributed by atoms with Gasteiger partial charge in [0, 0.05) is 17.8 Å². The minimum atomic E-state index is -0.535. The van der Waals surface area contributed by atoms with E-state index in [2.05, 4.69) is 10.6 Å². The van der Waals surface area contributed by atoms with Crippen molar-refractivity contribution >= 4 is 48.4 Å². The molecule has 0 fully saturated rings. The summed E-state index contributed by atoms with van der Waals surface area (Å²) >= 11 is 0. The second-order valence-electron chi connectivity index (χ2n) is 17.8. The van der Waals surface area contributed by atoms with Gasteiger partial charge in [0.05, 0.1) is 6.42 Å². The number of benzene rings is 4. The summed E-state index contributed by atoms with van der Waals surface area (Å²) in [5.74, 6) is -0.346. The third-order valence-corrected chi connectivity index (χ3v) is 8.89. The number of esters is 3. The number of hydrogen-bond acceptors (Lipinski definition) is 11. The molecular formula is C52H74ClN3O9. The minimum absolute atomic E-state index is 0. The van der Waals surface area contributed by atoms with Crippen LogP contribution < -0.4 is 10.6 Å². The first-order valence-corrected chi connectivity index (χ1v) is 21.2. The Balaban J connectivity index is 0.00000102. The molecule has 0 heterocycles. The van der Waals surface area contributed by atoms with Crippen LogP contribution in [0.2, 0.25) is 0 Å². The summed E-state index contributed by atoms with van der Waals surface area (Å²) in [7, 11) is 3.70. The lowest BCUT2D eigenvalue weighted by atomic mass is 10.0. The minimum Gasteiger partial charge on any atom is -0.460 e. The van der Waals surface area contributed by atoms with Gasteiger partial charge in [0.1, 0.15) is 42.8 Å². The Kier molecular flexibility index (Phi) is 27.2. The number of nitrogens with one attached hydrogen (secondary N) is 2. The number of carbonyl (C=O) groups is 5. The molecule has 0 aliphatic carbocycles. The molecule has 358 valence electrons. The van der Waals surface area contributed by atoms with Gasteiger partial charge >= 0.3 is 24.0 Å². The van der Waals surface area contributed by atoms with Gasteiger partial charge in [0.15, 0.2) is 0 Å². The lowest BCUT2D eigenvalue weighted by Crippen LogP contribution is -2.43. The molecule has 0 aliphatic heterocycles. The summed E-state index contributed by atoms with van der Waals surface area (Å²) in [5.41, 5.74) is 3.92. The van der Waals surface area contributed by atoms with Gasteiger partial charge in [0.2, 0.25) is 0 Å². The molecule has 0 aromatic heterocycles. The highest BCUT2D eigenvalue weighted by Gasteiger charge is 2.28. The van der Waals surface area contributed by atoms with Crippen molar-refractivity contribution in [1.29, 1.82) is 0 Å². The van der Waals surface area contributed by atoms with Crippen molar-refractivity contribution in [2.24, 2.45) is 11.8 Å². The molecule has 0 unspecified atom stereocenters. The van der Waals surface area contributed by atoms with E-state index in [1.807, 2.05) is 145 Å². The Morgan fingerprint density at radius 1 is 0.646 bits per heavy atom. The Hall–Kier alpha value is -5.56. The van der Waals surface area contributed by atoms with E-state index >= 15 is 0 Å². The van der Waals surface area contributed by atoms with Crippen LogP contribution in [0.5, 0.6) is 0 Å². The summed E-state index contributed by atoms with van der Waals surface area (Å²) in [6.45, 7) is 20.1. The fraction of sp³-hybridized carbons (Fsp3) is 0.442. The van der Waals surface area contributed by atoms with Crippen LogP contribution in [0.3, 0.4) is 0 Å².